The first-order chi connectivity index (χ1) is 12.5. The smallest absolute Gasteiger partial charge is 0.173 e. The van der Waals surface area contributed by atoms with Crippen molar-refractivity contribution in [1.82, 2.24) is 0 Å². The molecule has 4 rings (SSSR count). The first kappa shape index (κ1) is 17.4. The Balaban J connectivity index is 1.89. The van der Waals surface area contributed by atoms with Crippen molar-refractivity contribution in [3.63, 3.8) is 0 Å². The van der Waals surface area contributed by atoms with Crippen LogP contribution in [0.4, 0.5) is 0 Å². The lowest BCUT2D eigenvalue weighted by atomic mass is 9.80. The third-order valence-electron chi connectivity index (χ3n) is 5.28. The highest BCUT2D eigenvalue weighted by Crippen LogP contribution is 2.43. The third-order valence-corrected chi connectivity index (χ3v) is 5.82. The molecule has 0 fully saturated rings. The summed E-state index contributed by atoms with van der Waals surface area (Å²) in [6, 6.07) is 11.3. The number of Topliss-reactive ketones (excluding diaryl/α,β-unsaturated/α-hetero) is 1. The van der Waals surface area contributed by atoms with Crippen molar-refractivity contribution in [1.29, 1.82) is 0 Å². The van der Waals surface area contributed by atoms with Gasteiger partial charge in [-0.1, -0.05) is 60.5 Å². The SMILES string of the molecule is CCc1ccc(-c2ccc(Cl)cc2Cl)cc1C1=C(O)C2C=CC(C2)C1=O. The molecule has 2 bridgehead atoms. The minimum Gasteiger partial charge on any atom is -0.511 e. The fourth-order valence-corrected chi connectivity index (χ4v) is 4.39. The average Bonchev–Trinajstić information content (AvgIpc) is 3.07. The number of rotatable bonds is 3. The van der Waals surface area contributed by atoms with E-state index in [1.807, 2.05) is 43.3 Å². The zero-order valence-electron chi connectivity index (χ0n) is 14.3. The van der Waals surface area contributed by atoms with Gasteiger partial charge in [0.05, 0.1) is 5.57 Å². The highest BCUT2D eigenvalue weighted by molar-refractivity contribution is 6.36. The van der Waals surface area contributed by atoms with Crippen LogP contribution in [0.15, 0.2) is 54.3 Å². The van der Waals surface area contributed by atoms with Crippen LogP contribution in [0.3, 0.4) is 0 Å². The number of allylic oxidation sites excluding steroid dienone is 3. The lowest BCUT2D eigenvalue weighted by Gasteiger charge is -2.24. The maximum atomic E-state index is 12.9. The molecule has 2 unspecified atom stereocenters. The number of benzene rings is 2. The molecule has 0 amide bonds. The molecule has 0 heterocycles. The highest BCUT2D eigenvalue weighted by Gasteiger charge is 2.38. The van der Waals surface area contributed by atoms with Crippen LogP contribution in [0.1, 0.15) is 24.5 Å². The molecule has 0 aromatic heterocycles. The van der Waals surface area contributed by atoms with Crippen molar-refractivity contribution in [2.75, 3.05) is 0 Å². The Morgan fingerprint density at radius 3 is 2.54 bits per heavy atom. The molecular formula is C22H18Cl2O2. The van der Waals surface area contributed by atoms with Crippen LogP contribution in [-0.2, 0) is 11.2 Å². The van der Waals surface area contributed by atoms with Gasteiger partial charge < -0.3 is 5.11 Å². The van der Waals surface area contributed by atoms with Crippen molar-refractivity contribution in [3.05, 3.63) is 75.5 Å². The van der Waals surface area contributed by atoms with Crippen molar-refractivity contribution in [2.24, 2.45) is 11.8 Å². The van der Waals surface area contributed by atoms with E-state index in [9.17, 15) is 9.90 Å². The van der Waals surface area contributed by atoms with E-state index in [1.165, 1.54) is 0 Å². The number of hydrogen-bond acceptors (Lipinski definition) is 2. The molecule has 2 aromatic rings. The van der Waals surface area contributed by atoms with Gasteiger partial charge in [0.1, 0.15) is 5.76 Å². The summed E-state index contributed by atoms with van der Waals surface area (Å²) in [6.45, 7) is 2.05. The van der Waals surface area contributed by atoms with Crippen LogP contribution in [0, 0.1) is 11.8 Å². The molecule has 2 nitrogen and oxygen atoms in total. The number of halogens is 2. The molecule has 1 N–H and O–H groups in total. The van der Waals surface area contributed by atoms with Crippen molar-refractivity contribution in [2.45, 2.75) is 19.8 Å². The van der Waals surface area contributed by atoms with E-state index in [4.69, 9.17) is 23.2 Å². The van der Waals surface area contributed by atoms with Crippen LogP contribution >= 0.6 is 23.2 Å². The summed E-state index contributed by atoms with van der Waals surface area (Å²) in [6.07, 6.45) is 5.31. The maximum Gasteiger partial charge on any atom is 0.173 e. The Kier molecular flexibility index (Phi) is 4.42. The Labute approximate surface area is 162 Å². The van der Waals surface area contributed by atoms with E-state index >= 15 is 0 Å². The van der Waals surface area contributed by atoms with Crippen LogP contribution in [0.25, 0.3) is 16.7 Å². The van der Waals surface area contributed by atoms with Gasteiger partial charge in [-0.3, -0.25) is 4.79 Å². The van der Waals surface area contributed by atoms with Crippen LogP contribution in [0.5, 0.6) is 0 Å². The van der Waals surface area contributed by atoms with Crippen molar-refractivity contribution in [3.8, 4) is 11.1 Å². The van der Waals surface area contributed by atoms with Gasteiger partial charge in [-0.15, -0.1) is 0 Å². The summed E-state index contributed by atoms with van der Waals surface area (Å²) < 4.78 is 0. The van der Waals surface area contributed by atoms with Crippen molar-refractivity contribution < 1.29 is 9.90 Å². The average molecular weight is 385 g/mol. The molecule has 2 aromatic carbocycles. The zero-order valence-corrected chi connectivity index (χ0v) is 15.8. The van der Waals surface area contributed by atoms with E-state index < -0.39 is 0 Å². The quantitative estimate of drug-likeness (QED) is 0.633. The molecular weight excluding hydrogens is 367 g/mol. The zero-order chi connectivity index (χ0) is 18.4. The Morgan fingerprint density at radius 2 is 1.81 bits per heavy atom. The number of hydrogen-bond donors (Lipinski definition) is 1. The van der Waals surface area contributed by atoms with Gasteiger partial charge in [-0.2, -0.15) is 0 Å². The number of ketones is 1. The summed E-state index contributed by atoms with van der Waals surface area (Å²) in [4.78, 5) is 12.9. The minimum absolute atomic E-state index is 0.00144. The van der Waals surface area contributed by atoms with Crippen LogP contribution in [0.2, 0.25) is 10.0 Å². The van der Waals surface area contributed by atoms with Gasteiger partial charge in [0.25, 0.3) is 0 Å². The highest BCUT2D eigenvalue weighted by atomic mass is 35.5. The van der Waals surface area contributed by atoms with Gasteiger partial charge in [-0.05, 0) is 47.7 Å². The number of aryl methyl sites for hydroxylation is 1. The molecule has 0 saturated carbocycles. The first-order valence-corrected chi connectivity index (χ1v) is 9.49. The molecule has 0 saturated heterocycles. The fraction of sp³-hybridized carbons (Fsp3) is 0.227. The third kappa shape index (κ3) is 2.78. The molecule has 4 heteroatoms. The van der Waals surface area contributed by atoms with Gasteiger partial charge >= 0.3 is 0 Å². The van der Waals surface area contributed by atoms with E-state index in [2.05, 4.69) is 0 Å². The number of carbonyl (C=O) groups excluding carboxylic acids is 1. The van der Waals surface area contributed by atoms with Gasteiger partial charge in [0.2, 0.25) is 0 Å². The molecule has 0 spiro atoms. The lowest BCUT2D eigenvalue weighted by Crippen LogP contribution is -2.22. The molecule has 2 aliphatic carbocycles. The first-order valence-electron chi connectivity index (χ1n) is 8.74. The van der Waals surface area contributed by atoms with E-state index in [1.54, 1.807) is 12.1 Å². The largest absolute Gasteiger partial charge is 0.511 e. The molecule has 2 atom stereocenters. The number of carbonyl (C=O) groups is 1. The van der Waals surface area contributed by atoms with Crippen molar-refractivity contribution >= 4 is 34.6 Å². The van der Waals surface area contributed by atoms with E-state index in [0.717, 1.165) is 28.7 Å². The number of fused-ring (bicyclic) bond motifs is 2. The Hall–Kier alpha value is -2.03. The van der Waals surface area contributed by atoms with E-state index in [-0.39, 0.29) is 23.4 Å². The summed E-state index contributed by atoms with van der Waals surface area (Å²) in [5.74, 6) is 0.00849. The predicted molar refractivity (Wildman–Crippen MR) is 107 cm³/mol. The molecule has 2 aliphatic rings. The second kappa shape index (κ2) is 6.61. The van der Waals surface area contributed by atoms with Gasteiger partial charge in [0, 0.05) is 27.4 Å². The predicted octanol–water partition coefficient (Wildman–Crippen LogP) is 6.27. The number of aliphatic hydroxyl groups is 1. The second-order valence-corrected chi connectivity index (χ2v) is 7.65. The number of aliphatic hydroxyl groups excluding tert-OH is 1. The summed E-state index contributed by atoms with van der Waals surface area (Å²) in [7, 11) is 0. The topological polar surface area (TPSA) is 37.3 Å². The molecule has 132 valence electrons. The van der Waals surface area contributed by atoms with Gasteiger partial charge in [0.15, 0.2) is 5.78 Å². The summed E-state index contributed by atoms with van der Waals surface area (Å²) >= 11 is 12.4. The Morgan fingerprint density at radius 1 is 1.04 bits per heavy atom. The summed E-state index contributed by atoms with van der Waals surface area (Å²) in [5.41, 5.74) is 4.05. The Bertz CT molecular complexity index is 972. The molecule has 0 radical (unpaired) electrons. The maximum absolute atomic E-state index is 12.9. The fourth-order valence-electron chi connectivity index (χ4n) is 3.87. The lowest BCUT2D eigenvalue weighted by molar-refractivity contribution is -0.116. The summed E-state index contributed by atoms with van der Waals surface area (Å²) in [5, 5.41) is 11.9. The van der Waals surface area contributed by atoms with E-state index in [0.29, 0.717) is 22.0 Å². The van der Waals surface area contributed by atoms with Crippen LogP contribution < -0.4 is 0 Å². The van der Waals surface area contributed by atoms with Gasteiger partial charge in [-0.25, -0.2) is 0 Å². The second-order valence-electron chi connectivity index (χ2n) is 6.81. The molecule has 0 aliphatic heterocycles. The van der Waals surface area contributed by atoms with Crippen LogP contribution in [-0.4, -0.2) is 10.9 Å². The normalized spacial score (nSPS) is 21.6. The minimum atomic E-state index is -0.126. The molecule has 26 heavy (non-hydrogen) atoms. The standard InChI is InChI=1S/C22H18Cl2O2/c1-2-12-3-4-13(17-8-7-16(23)11-19(17)24)10-18(12)20-21(25)14-5-6-15(9-14)22(20)26/h3-8,10-11,14-15,25H,2,9H2,1H3. The monoisotopic (exact) mass is 384 g/mol.